The van der Waals surface area contributed by atoms with Gasteiger partial charge in [0, 0.05) is 52.0 Å². The first kappa shape index (κ1) is 23.8. The van der Waals surface area contributed by atoms with Crippen molar-refractivity contribution in [1.82, 2.24) is 24.6 Å². The SMILES string of the molecule is Cc1nn(-c2ccc(F)cc2)c(Cl)c1C(=O)N1CCCC(CN2CCN(c3ccccn3)CC2)C1. The summed E-state index contributed by atoms with van der Waals surface area (Å²) in [5, 5.41) is 4.74. The quantitative estimate of drug-likeness (QED) is 0.533. The second kappa shape index (κ2) is 10.3. The number of anilines is 1. The molecule has 1 atom stereocenters. The van der Waals surface area contributed by atoms with E-state index in [2.05, 4.69) is 25.9 Å². The summed E-state index contributed by atoms with van der Waals surface area (Å²) in [6.45, 7) is 8.14. The van der Waals surface area contributed by atoms with Crippen LogP contribution in [0, 0.1) is 18.7 Å². The Morgan fingerprint density at radius 3 is 2.57 bits per heavy atom. The van der Waals surface area contributed by atoms with E-state index in [1.807, 2.05) is 23.2 Å². The zero-order valence-corrected chi connectivity index (χ0v) is 20.7. The number of amides is 1. The van der Waals surface area contributed by atoms with Crippen LogP contribution in [0.2, 0.25) is 5.15 Å². The van der Waals surface area contributed by atoms with Crippen molar-refractivity contribution in [3.05, 3.63) is 70.9 Å². The predicted octanol–water partition coefficient (Wildman–Crippen LogP) is 4.04. The highest BCUT2D eigenvalue weighted by Gasteiger charge is 2.31. The van der Waals surface area contributed by atoms with Crippen LogP contribution in [0.1, 0.15) is 28.9 Å². The third kappa shape index (κ3) is 5.18. The molecule has 2 fully saturated rings. The zero-order chi connectivity index (χ0) is 24.4. The molecule has 3 aromatic rings. The van der Waals surface area contributed by atoms with Gasteiger partial charge in [-0.3, -0.25) is 9.69 Å². The van der Waals surface area contributed by atoms with Crippen LogP contribution in [0.3, 0.4) is 0 Å². The summed E-state index contributed by atoms with van der Waals surface area (Å²) >= 11 is 6.62. The molecule has 1 aromatic carbocycles. The van der Waals surface area contributed by atoms with E-state index in [-0.39, 0.29) is 16.9 Å². The number of hydrogen-bond acceptors (Lipinski definition) is 5. The molecule has 2 aliphatic rings. The van der Waals surface area contributed by atoms with Crippen molar-refractivity contribution in [2.45, 2.75) is 19.8 Å². The molecule has 0 radical (unpaired) electrons. The van der Waals surface area contributed by atoms with Gasteiger partial charge in [0.25, 0.3) is 5.91 Å². The molecule has 2 saturated heterocycles. The molecule has 0 saturated carbocycles. The number of rotatable bonds is 5. The third-order valence-electron chi connectivity index (χ3n) is 6.96. The lowest BCUT2D eigenvalue weighted by Crippen LogP contribution is -2.50. The van der Waals surface area contributed by atoms with E-state index in [1.54, 1.807) is 19.1 Å². The Balaban J connectivity index is 1.21. The van der Waals surface area contributed by atoms with Crippen molar-refractivity contribution in [3.8, 4) is 5.69 Å². The maximum absolute atomic E-state index is 13.5. The van der Waals surface area contributed by atoms with E-state index in [9.17, 15) is 9.18 Å². The number of piperidine rings is 1. The lowest BCUT2D eigenvalue weighted by Gasteiger charge is -2.39. The maximum Gasteiger partial charge on any atom is 0.258 e. The normalized spacial score (nSPS) is 19.2. The molecular weight excluding hydrogens is 467 g/mol. The van der Waals surface area contributed by atoms with Crippen molar-refractivity contribution in [2.75, 3.05) is 50.7 Å². The topological polar surface area (TPSA) is 57.5 Å². The van der Waals surface area contributed by atoms with Gasteiger partial charge in [0.15, 0.2) is 0 Å². The van der Waals surface area contributed by atoms with Gasteiger partial charge in [-0.1, -0.05) is 17.7 Å². The molecule has 35 heavy (non-hydrogen) atoms. The van der Waals surface area contributed by atoms with Crippen molar-refractivity contribution in [2.24, 2.45) is 5.92 Å². The Bertz CT molecular complexity index is 1160. The number of halogens is 2. The van der Waals surface area contributed by atoms with Gasteiger partial charge in [-0.15, -0.1) is 0 Å². The molecule has 5 rings (SSSR count). The highest BCUT2D eigenvalue weighted by molar-refractivity contribution is 6.33. The molecule has 4 heterocycles. The lowest BCUT2D eigenvalue weighted by molar-refractivity contribution is 0.0636. The zero-order valence-electron chi connectivity index (χ0n) is 19.9. The number of nitrogens with zero attached hydrogens (tertiary/aromatic N) is 6. The smallest absolute Gasteiger partial charge is 0.258 e. The van der Waals surface area contributed by atoms with Crippen LogP contribution >= 0.6 is 11.6 Å². The number of benzene rings is 1. The Hall–Kier alpha value is -2.97. The van der Waals surface area contributed by atoms with Crippen LogP contribution in [0.5, 0.6) is 0 Å². The molecule has 0 N–H and O–H groups in total. The minimum atomic E-state index is -0.331. The monoisotopic (exact) mass is 496 g/mol. The molecule has 1 amide bonds. The van der Waals surface area contributed by atoms with Gasteiger partial charge in [-0.2, -0.15) is 5.10 Å². The van der Waals surface area contributed by atoms with Crippen LogP contribution in [-0.2, 0) is 0 Å². The van der Waals surface area contributed by atoms with E-state index >= 15 is 0 Å². The van der Waals surface area contributed by atoms with Crippen LogP contribution in [0.15, 0.2) is 48.7 Å². The van der Waals surface area contributed by atoms with Crippen molar-refractivity contribution < 1.29 is 9.18 Å². The first-order chi connectivity index (χ1) is 17.0. The summed E-state index contributed by atoms with van der Waals surface area (Å²) in [6, 6.07) is 12.0. The van der Waals surface area contributed by atoms with Gasteiger partial charge in [0.2, 0.25) is 0 Å². The van der Waals surface area contributed by atoms with Gasteiger partial charge < -0.3 is 9.80 Å². The molecule has 0 bridgehead atoms. The molecule has 0 aliphatic carbocycles. The molecule has 1 unspecified atom stereocenters. The van der Waals surface area contributed by atoms with Gasteiger partial charge in [-0.25, -0.2) is 14.1 Å². The van der Waals surface area contributed by atoms with E-state index in [0.717, 1.165) is 64.5 Å². The average molecular weight is 497 g/mol. The minimum absolute atomic E-state index is 0.0782. The van der Waals surface area contributed by atoms with E-state index in [1.165, 1.54) is 16.8 Å². The molecule has 2 aliphatic heterocycles. The molecule has 9 heteroatoms. The van der Waals surface area contributed by atoms with Gasteiger partial charge in [0.05, 0.1) is 16.9 Å². The van der Waals surface area contributed by atoms with Crippen molar-refractivity contribution in [1.29, 1.82) is 0 Å². The van der Waals surface area contributed by atoms with Gasteiger partial charge >= 0.3 is 0 Å². The largest absolute Gasteiger partial charge is 0.354 e. The molecule has 7 nitrogen and oxygen atoms in total. The summed E-state index contributed by atoms with van der Waals surface area (Å²) in [6.07, 6.45) is 3.94. The number of aryl methyl sites for hydroxylation is 1. The highest BCUT2D eigenvalue weighted by Crippen LogP contribution is 2.27. The van der Waals surface area contributed by atoms with Gasteiger partial charge in [-0.05, 0) is 62.1 Å². The summed E-state index contributed by atoms with van der Waals surface area (Å²) in [5.41, 5.74) is 1.64. The number of likely N-dealkylation sites (tertiary alicyclic amines) is 1. The Morgan fingerprint density at radius 2 is 1.86 bits per heavy atom. The molecule has 2 aromatic heterocycles. The number of pyridine rings is 1. The summed E-state index contributed by atoms with van der Waals surface area (Å²) in [4.78, 5) is 24.7. The Kier molecular flexibility index (Phi) is 7.02. The highest BCUT2D eigenvalue weighted by atomic mass is 35.5. The molecular formula is C26H30ClFN6O. The fourth-order valence-electron chi connectivity index (χ4n) is 5.12. The van der Waals surface area contributed by atoms with Gasteiger partial charge in [0.1, 0.15) is 16.8 Å². The minimum Gasteiger partial charge on any atom is -0.354 e. The van der Waals surface area contributed by atoms with Crippen LogP contribution in [-0.4, -0.2) is 76.3 Å². The molecule has 0 spiro atoms. The van der Waals surface area contributed by atoms with Crippen molar-refractivity contribution in [3.63, 3.8) is 0 Å². The second-order valence-electron chi connectivity index (χ2n) is 9.37. The lowest BCUT2D eigenvalue weighted by atomic mass is 9.96. The fraction of sp³-hybridized carbons (Fsp3) is 0.423. The summed E-state index contributed by atoms with van der Waals surface area (Å²) in [5.74, 6) is 1.06. The molecule has 184 valence electrons. The van der Waals surface area contributed by atoms with E-state index in [0.29, 0.717) is 22.9 Å². The third-order valence-corrected chi connectivity index (χ3v) is 7.31. The first-order valence-corrected chi connectivity index (χ1v) is 12.6. The fourth-order valence-corrected chi connectivity index (χ4v) is 5.47. The average Bonchev–Trinajstić information content (AvgIpc) is 3.19. The number of carbonyl (C=O) groups is 1. The second-order valence-corrected chi connectivity index (χ2v) is 9.73. The predicted molar refractivity (Wildman–Crippen MR) is 135 cm³/mol. The number of aromatic nitrogens is 3. The Morgan fingerprint density at radius 1 is 1.09 bits per heavy atom. The maximum atomic E-state index is 13.5. The summed E-state index contributed by atoms with van der Waals surface area (Å²) < 4.78 is 14.8. The number of carbonyl (C=O) groups excluding carboxylic acids is 1. The van der Waals surface area contributed by atoms with E-state index < -0.39 is 0 Å². The Labute approximate surface area is 210 Å². The standard InChI is InChI=1S/C26H30ClFN6O/c1-19-24(25(27)34(30-19)22-9-7-21(28)8-10-22)26(35)33-12-4-5-20(18-33)17-31-13-15-32(16-14-31)23-6-2-3-11-29-23/h2-3,6-11,20H,4-5,12-18H2,1H3. The van der Waals surface area contributed by atoms with Crippen LogP contribution < -0.4 is 4.90 Å². The number of hydrogen-bond donors (Lipinski definition) is 0. The van der Waals surface area contributed by atoms with Crippen LogP contribution in [0.25, 0.3) is 5.69 Å². The van der Waals surface area contributed by atoms with Crippen molar-refractivity contribution >= 4 is 23.3 Å². The number of piperazine rings is 1. The first-order valence-electron chi connectivity index (χ1n) is 12.2. The van der Waals surface area contributed by atoms with E-state index in [4.69, 9.17) is 11.6 Å². The summed E-state index contributed by atoms with van der Waals surface area (Å²) in [7, 11) is 0. The van der Waals surface area contributed by atoms with Crippen LogP contribution in [0.4, 0.5) is 10.2 Å².